The molecule has 0 unspecified atom stereocenters. The second-order valence-electron chi connectivity index (χ2n) is 8.27. The van der Waals surface area contributed by atoms with Gasteiger partial charge in [-0.3, -0.25) is 9.10 Å². The number of aryl methyl sites for hydroxylation is 1. The molecule has 1 atom stereocenters. The molecular formula is C26H28N2O3S. The fourth-order valence-corrected chi connectivity index (χ4v) is 5.87. The van der Waals surface area contributed by atoms with E-state index < -0.39 is 10.0 Å². The summed E-state index contributed by atoms with van der Waals surface area (Å²) in [5.74, 6) is -0.203. The van der Waals surface area contributed by atoms with Gasteiger partial charge in [-0.05, 0) is 79.8 Å². The zero-order valence-corrected chi connectivity index (χ0v) is 19.2. The Balaban J connectivity index is 1.53. The first-order chi connectivity index (χ1) is 15.4. The van der Waals surface area contributed by atoms with Crippen molar-refractivity contribution in [2.75, 3.05) is 9.62 Å². The number of carbonyl (C=O) groups is 1. The molecule has 0 aromatic heterocycles. The van der Waals surface area contributed by atoms with Crippen molar-refractivity contribution in [3.8, 4) is 0 Å². The summed E-state index contributed by atoms with van der Waals surface area (Å²) in [6.45, 7) is 4.06. The Hall–Kier alpha value is -3.12. The van der Waals surface area contributed by atoms with Crippen LogP contribution in [0.4, 0.5) is 11.4 Å². The molecule has 32 heavy (non-hydrogen) atoms. The van der Waals surface area contributed by atoms with Gasteiger partial charge in [-0.25, -0.2) is 8.42 Å². The molecule has 0 spiro atoms. The molecule has 0 bridgehead atoms. The van der Waals surface area contributed by atoms with Gasteiger partial charge in [0.05, 0.1) is 10.6 Å². The van der Waals surface area contributed by atoms with Crippen molar-refractivity contribution >= 4 is 27.3 Å². The number of hydrogen-bond acceptors (Lipinski definition) is 3. The molecule has 1 aliphatic rings. The van der Waals surface area contributed by atoms with Crippen molar-refractivity contribution in [3.63, 3.8) is 0 Å². The number of rotatable bonds is 7. The average Bonchev–Trinajstić information content (AvgIpc) is 3.14. The second kappa shape index (κ2) is 9.17. The van der Waals surface area contributed by atoms with E-state index in [1.54, 1.807) is 48.5 Å². The molecule has 3 aromatic carbocycles. The van der Waals surface area contributed by atoms with E-state index in [1.807, 2.05) is 31.2 Å². The first-order valence-corrected chi connectivity index (χ1v) is 12.5. The second-order valence-corrected chi connectivity index (χ2v) is 10.1. The van der Waals surface area contributed by atoms with Crippen LogP contribution in [0.3, 0.4) is 0 Å². The summed E-state index contributed by atoms with van der Waals surface area (Å²) in [5.41, 5.74) is 4.02. The number of carbonyl (C=O) groups excluding carboxylic acids is 1. The SMILES string of the molecule is CCCCc1ccc(NC(=O)c2ccc3c(c2)C[C@@H](C)N3S(=O)(=O)c2ccccc2)cc1. The molecule has 0 fully saturated rings. The Bertz CT molecular complexity index is 1210. The van der Waals surface area contributed by atoms with Gasteiger partial charge in [-0.1, -0.05) is 43.7 Å². The van der Waals surface area contributed by atoms with Crippen LogP contribution in [0.5, 0.6) is 0 Å². The van der Waals surface area contributed by atoms with Crippen molar-refractivity contribution in [2.45, 2.75) is 50.5 Å². The summed E-state index contributed by atoms with van der Waals surface area (Å²) in [7, 11) is -3.66. The molecule has 4 rings (SSSR count). The molecule has 3 aromatic rings. The fraction of sp³-hybridized carbons (Fsp3) is 0.269. The van der Waals surface area contributed by atoms with Gasteiger partial charge >= 0.3 is 0 Å². The van der Waals surface area contributed by atoms with Crippen LogP contribution in [0.15, 0.2) is 77.7 Å². The van der Waals surface area contributed by atoms with Gasteiger partial charge in [0.1, 0.15) is 0 Å². The number of benzene rings is 3. The summed E-state index contributed by atoms with van der Waals surface area (Å²) < 4.78 is 27.9. The molecule has 1 aliphatic heterocycles. The standard InChI is InChI=1S/C26H28N2O3S/c1-3-4-8-20-11-14-23(15-12-20)27-26(29)21-13-16-25-22(18-21)17-19(2)28(25)32(30,31)24-9-6-5-7-10-24/h5-7,9-16,18-19H,3-4,8,17H2,1-2H3,(H,27,29)/t19-/m1/s1. The molecule has 5 nitrogen and oxygen atoms in total. The van der Waals surface area contributed by atoms with E-state index >= 15 is 0 Å². The van der Waals surface area contributed by atoms with Crippen LogP contribution in [-0.2, 0) is 22.9 Å². The van der Waals surface area contributed by atoms with Crippen molar-refractivity contribution in [1.82, 2.24) is 0 Å². The van der Waals surface area contributed by atoms with E-state index in [4.69, 9.17) is 0 Å². The van der Waals surface area contributed by atoms with Crippen molar-refractivity contribution in [1.29, 1.82) is 0 Å². The Labute approximate surface area is 190 Å². The number of unbranched alkanes of at least 4 members (excludes halogenated alkanes) is 1. The molecule has 1 heterocycles. The first-order valence-electron chi connectivity index (χ1n) is 11.0. The van der Waals surface area contributed by atoms with Gasteiger partial charge in [0.2, 0.25) is 0 Å². The third-order valence-corrected chi connectivity index (χ3v) is 7.77. The number of nitrogens with one attached hydrogen (secondary N) is 1. The van der Waals surface area contributed by atoms with Gasteiger partial charge in [-0.2, -0.15) is 0 Å². The van der Waals surface area contributed by atoms with Crippen LogP contribution in [0.25, 0.3) is 0 Å². The van der Waals surface area contributed by atoms with Crippen molar-refractivity contribution in [3.05, 3.63) is 89.5 Å². The van der Waals surface area contributed by atoms with Crippen molar-refractivity contribution in [2.24, 2.45) is 0 Å². The summed E-state index contributed by atoms with van der Waals surface area (Å²) in [5, 5.41) is 2.94. The Morgan fingerprint density at radius 3 is 2.44 bits per heavy atom. The fourth-order valence-electron chi connectivity index (χ4n) is 4.16. The topological polar surface area (TPSA) is 66.5 Å². The molecule has 1 amide bonds. The van der Waals surface area contributed by atoms with E-state index in [1.165, 1.54) is 9.87 Å². The lowest BCUT2D eigenvalue weighted by Crippen LogP contribution is -2.35. The molecule has 0 radical (unpaired) electrons. The zero-order valence-electron chi connectivity index (χ0n) is 18.4. The third-order valence-electron chi connectivity index (χ3n) is 5.83. The Kier molecular flexibility index (Phi) is 6.33. The van der Waals surface area contributed by atoms with Crippen molar-refractivity contribution < 1.29 is 13.2 Å². The van der Waals surface area contributed by atoms with Crippen LogP contribution in [0, 0.1) is 0 Å². The lowest BCUT2D eigenvalue weighted by atomic mass is 10.1. The highest BCUT2D eigenvalue weighted by Crippen LogP contribution is 2.37. The zero-order chi connectivity index (χ0) is 22.7. The van der Waals surface area contributed by atoms with Crippen LogP contribution in [0.1, 0.15) is 48.2 Å². The van der Waals surface area contributed by atoms with E-state index in [9.17, 15) is 13.2 Å². The smallest absolute Gasteiger partial charge is 0.264 e. The van der Waals surface area contributed by atoms with E-state index in [0.29, 0.717) is 17.7 Å². The average molecular weight is 449 g/mol. The minimum Gasteiger partial charge on any atom is -0.322 e. The summed E-state index contributed by atoms with van der Waals surface area (Å²) in [4.78, 5) is 13.1. The highest BCUT2D eigenvalue weighted by Gasteiger charge is 2.36. The van der Waals surface area contributed by atoms with Gasteiger partial charge in [0, 0.05) is 17.3 Å². The molecule has 0 saturated heterocycles. The lowest BCUT2D eigenvalue weighted by molar-refractivity contribution is 0.102. The Morgan fingerprint density at radius 1 is 1.03 bits per heavy atom. The minimum atomic E-state index is -3.66. The molecule has 0 saturated carbocycles. The number of anilines is 2. The van der Waals surface area contributed by atoms with Crippen LogP contribution in [-0.4, -0.2) is 20.4 Å². The van der Waals surface area contributed by atoms with Crippen LogP contribution >= 0.6 is 0 Å². The minimum absolute atomic E-state index is 0.203. The third kappa shape index (κ3) is 4.41. The van der Waals surface area contributed by atoms with Gasteiger partial charge in [0.15, 0.2) is 0 Å². The van der Waals surface area contributed by atoms with Gasteiger partial charge in [-0.15, -0.1) is 0 Å². The van der Waals surface area contributed by atoms with E-state index in [2.05, 4.69) is 12.2 Å². The number of sulfonamides is 1. The quantitative estimate of drug-likeness (QED) is 0.525. The van der Waals surface area contributed by atoms with Gasteiger partial charge < -0.3 is 5.32 Å². The lowest BCUT2D eigenvalue weighted by Gasteiger charge is -2.24. The maximum atomic E-state index is 13.2. The number of fused-ring (bicyclic) bond motifs is 1. The monoisotopic (exact) mass is 448 g/mol. The predicted octanol–water partition coefficient (Wildman–Crippen LogP) is 5.42. The molecule has 166 valence electrons. The van der Waals surface area contributed by atoms with E-state index in [0.717, 1.165) is 30.5 Å². The number of nitrogens with zero attached hydrogens (tertiary/aromatic N) is 1. The molecular weight excluding hydrogens is 420 g/mol. The maximum absolute atomic E-state index is 13.2. The highest BCUT2D eigenvalue weighted by molar-refractivity contribution is 7.92. The molecule has 0 aliphatic carbocycles. The number of amides is 1. The first kappa shape index (κ1) is 22.1. The number of hydrogen-bond donors (Lipinski definition) is 1. The normalized spacial score (nSPS) is 15.4. The van der Waals surface area contributed by atoms with E-state index in [-0.39, 0.29) is 16.8 Å². The van der Waals surface area contributed by atoms with Crippen LogP contribution in [0.2, 0.25) is 0 Å². The summed E-state index contributed by atoms with van der Waals surface area (Å²) in [6.07, 6.45) is 3.90. The molecule has 1 N–H and O–H groups in total. The molecule has 6 heteroatoms. The summed E-state index contributed by atoms with van der Waals surface area (Å²) in [6, 6.07) is 21.4. The Morgan fingerprint density at radius 2 is 1.75 bits per heavy atom. The highest BCUT2D eigenvalue weighted by atomic mass is 32.2. The van der Waals surface area contributed by atoms with Gasteiger partial charge in [0.25, 0.3) is 15.9 Å². The predicted molar refractivity (Wildman–Crippen MR) is 129 cm³/mol. The van der Waals surface area contributed by atoms with Crippen LogP contribution < -0.4 is 9.62 Å². The maximum Gasteiger partial charge on any atom is 0.264 e. The largest absolute Gasteiger partial charge is 0.322 e. The summed E-state index contributed by atoms with van der Waals surface area (Å²) >= 11 is 0.